The first kappa shape index (κ1) is 75.9. The quantitative estimate of drug-likeness (QED) is 0.0969. The largest absolute Gasteiger partial charge is 0.508 e. The van der Waals surface area contributed by atoms with E-state index in [-0.39, 0.29) is 28.4 Å². The number of nitrogens with two attached hydrogens (primary N) is 1. The number of ether oxygens (including phenoxy) is 7. The minimum Gasteiger partial charge on any atom is -0.508 e. The maximum Gasteiger partial charge on any atom is 0.335 e. The molecule has 18 atom stereocenters. The molecule has 6 amide bonds. The fourth-order valence-electron chi connectivity index (χ4n) is 13.3. The minimum atomic E-state index is -2.42. The third-order valence-electron chi connectivity index (χ3n) is 18.9. The monoisotopic (exact) mass is 1550 g/mol. The number of carboxylic acids is 2. The lowest BCUT2D eigenvalue weighted by Gasteiger charge is -2.40. The highest BCUT2D eigenvalue weighted by atomic mass is 35.5. The molecule has 7 aromatic carbocycles. The summed E-state index contributed by atoms with van der Waals surface area (Å²) in [5.41, 5.74) is 3.24. The Hall–Kier alpha value is -11.4. The Morgan fingerprint density at radius 1 is 0.541 bits per heavy atom. The van der Waals surface area contributed by atoms with Gasteiger partial charge in [0.25, 0.3) is 0 Å². The number of hydrogen-bond acceptors (Lipinski definition) is 28. The Labute approximate surface area is 623 Å². The second-order valence-corrected chi connectivity index (χ2v) is 26.8. The van der Waals surface area contributed by atoms with Gasteiger partial charge in [-0.3, -0.25) is 28.8 Å². The summed E-state index contributed by atoms with van der Waals surface area (Å²) in [6, 6.07) is 4.60. The number of carbonyl (C=O) groups is 8. The molecule has 8 aliphatic rings. The van der Waals surface area contributed by atoms with Crippen LogP contribution in [0.5, 0.6) is 69.0 Å². The van der Waals surface area contributed by atoms with Crippen LogP contribution in [0.15, 0.2) is 115 Å². The summed E-state index contributed by atoms with van der Waals surface area (Å²) in [7, 11) is 1.42. The summed E-state index contributed by atoms with van der Waals surface area (Å²) in [6.45, 7) is -0.985. The molecule has 109 heavy (non-hydrogen) atoms. The van der Waals surface area contributed by atoms with E-state index in [1.807, 2.05) is 0 Å². The summed E-state index contributed by atoms with van der Waals surface area (Å²) in [5, 5.41) is 162. The smallest absolute Gasteiger partial charge is 0.335 e. The summed E-state index contributed by atoms with van der Waals surface area (Å²) < 4.78 is 42.9. The first-order valence-corrected chi connectivity index (χ1v) is 33.8. The molecule has 9 unspecified atom stereocenters. The number of aromatic hydroxyl groups is 4. The van der Waals surface area contributed by atoms with Gasteiger partial charge in [-0.15, -0.1) is 0 Å². The van der Waals surface area contributed by atoms with Crippen LogP contribution in [-0.2, 0) is 54.3 Å². The molecule has 2 fully saturated rings. The number of hydrogen-bond donors (Lipinski definition) is 21. The van der Waals surface area contributed by atoms with Crippen LogP contribution >= 0.6 is 23.2 Å². The predicted molar refractivity (Wildman–Crippen MR) is 368 cm³/mol. The predicted octanol–water partition coefficient (Wildman–Crippen LogP) is 0.250. The zero-order valence-corrected chi connectivity index (χ0v) is 57.6. The molecule has 36 nitrogen and oxygen atoms in total. The van der Waals surface area contributed by atoms with Gasteiger partial charge >= 0.3 is 11.9 Å². The summed E-state index contributed by atoms with van der Waals surface area (Å²) >= 11 is 14.0. The van der Waals surface area contributed by atoms with Crippen molar-refractivity contribution in [3.8, 4) is 80.1 Å². The Morgan fingerprint density at radius 2 is 1.18 bits per heavy atom. The van der Waals surface area contributed by atoms with Crippen molar-refractivity contribution in [3.63, 3.8) is 0 Å². The molecule has 2 saturated heterocycles. The zero-order chi connectivity index (χ0) is 78.0. The molecule has 7 aromatic rings. The molecule has 38 heteroatoms. The van der Waals surface area contributed by atoms with Gasteiger partial charge < -0.3 is 142 Å². The van der Waals surface area contributed by atoms with Crippen molar-refractivity contribution in [2.24, 2.45) is 5.73 Å². The highest BCUT2D eigenvalue weighted by molar-refractivity contribution is 6.33. The van der Waals surface area contributed by atoms with Gasteiger partial charge in [-0.1, -0.05) is 53.5 Å². The van der Waals surface area contributed by atoms with Crippen LogP contribution in [0.2, 0.25) is 10.0 Å². The van der Waals surface area contributed by atoms with Crippen LogP contribution in [0.4, 0.5) is 0 Å². The normalized spacial score (nSPS) is 28.2. The molecule has 17 bridgehead atoms. The zero-order valence-electron chi connectivity index (χ0n) is 56.0. The number of fused-ring (bicyclic) bond motifs is 14. The summed E-state index contributed by atoms with van der Waals surface area (Å²) in [5.74, 6) is -18.5. The van der Waals surface area contributed by atoms with Crippen molar-refractivity contribution in [3.05, 3.63) is 164 Å². The fourth-order valence-corrected chi connectivity index (χ4v) is 13.7. The molecule has 0 aromatic heterocycles. The molecule has 572 valence electrons. The van der Waals surface area contributed by atoms with Crippen molar-refractivity contribution < 1.29 is 138 Å². The van der Waals surface area contributed by atoms with Crippen molar-refractivity contribution in [1.82, 2.24) is 37.2 Å². The topological polar surface area (TPSA) is 574 Å². The number of carbonyl (C=O) groups excluding carboxylic acids is 6. The number of rotatable bonds is 8. The second-order valence-electron chi connectivity index (χ2n) is 26.0. The molecule has 8 aliphatic heterocycles. The van der Waals surface area contributed by atoms with Crippen LogP contribution in [0, 0.1) is 0 Å². The van der Waals surface area contributed by atoms with Gasteiger partial charge in [-0.05, 0) is 108 Å². The second kappa shape index (κ2) is 30.4. The number of amides is 6. The van der Waals surface area contributed by atoms with Gasteiger partial charge in [-0.2, -0.15) is 0 Å². The highest BCUT2D eigenvalue weighted by Crippen LogP contribution is 2.50. The fraction of sp³-hybridized carbons (Fsp3) is 0.296. The van der Waals surface area contributed by atoms with E-state index in [1.165, 1.54) is 49.5 Å². The SMILES string of the molecule is CNC1C(=O)NC2Cc3ccc(cc3)Oc3cc4cc(c3O[C@@H]3O[C@H](C(=O)O)[C@@H](O)[C@H](O)[C@H]3N)Oc3ccc(cc3Cl)C(O)C3NC(=O)C(NC(=O)C4NC(=O)C(NC2=O)c2cc(cc(O)c2Cl)Oc2cc1ccc2O)c1ccc(O)c(c1)-c1c(OC2O[C@H](CO)[C@@H](O)[C@H](O)[C@@H]2O)cc(O)cc1C(C(=O)O)NC3=O. The van der Waals surface area contributed by atoms with Gasteiger partial charge in [0.05, 0.1) is 22.7 Å². The number of aliphatic carboxylic acids is 2. The standard InChI is InChI=1S/C71H66Cl2N8O28/c1-75-48-25-5-10-37(85)40(15-25)104-30-20-33(46(73)38(86)21-30)51-66(97)78-50-27-16-42(103-29-7-2-23(3-8-29)12-35(62(93)79-51)76-63(48)94)60(108-70-47(74)56(89)58(91)61(109-70)69(101)102)43(17-27)105-39-11-6-26(14-34(39)72)54(87)53-67(98)80-52(68(99)100)32-18-28(83)19-41(106-71-59(92)57(90)55(88)44(22-82)107-71)45(32)31-13-24(4-9-36(31)84)49(64(95)81-53)77-65(50)96/h2-11,13-21,35,44,47-59,61,70-71,75,82-92H,12,22,74H2,1H3,(H,76,94)(H,77,96)(H,78,97)(H,79,93)(H,80,98)(H,81,95)(H,99,100)(H,101,102)/t35?,44-,47-,48?,49?,50?,51?,52?,53?,54?,55-,56-,57+,58+,59+,61+,70-,71?/m1/s1. The van der Waals surface area contributed by atoms with Crippen LogP contribution < -0.4 is 66.6 Å². The van der Waals surface area contributed by atoms with Crippen molar-refractivity contribution in [2.45, 2.75) is 116 Å². The van der Waals surface area contributed by atoms with E-state index in [0.29, 0.717) is 5.56 Å². The maximum atomic E-state index is 16.4. The molecule has 0 spiro atoms. The number of aliphatic hydroxyl groups excluding tert-OH is 7. The van der Waals surface area contributed by atoms with E-state index in [2.05, 4.69) is 37.2 Å². The van der Waals surface area contributed by atoms with Crippen LogP contribution in [0.1, 0.15) is 75.3 Å². The lowest BCUT2D eigenvalue weighted by Crippen LogP contribution is -2.64. The van der Waals surface area contributed by atoms with Crippen molar-refractivity contribution in [2.75, 3.05) is 13.7 Å². The van der Waals surface area contributed by atoms with E-state index in [9.17, 15) is 80.8 Å². The lowest BCUT2D eigenvalue weighted by molar-refractivity contribution is -0.277. The van der Waals surface area contributed by atoms with Gasteiger partial charge in [0, 0.05) is 40.8 Å². The van der Waals surface area contributed by atoms with E-state index < -0.39 is 265 Å². The number of phenolic OH excluding ortho intramolecular Hbond substituents is 4. The van der Waals surface area contributed by atoms with E-state index in [4.69, 9.17) is 62.1 Å². The summed E-state index contributed by atoms with van der Waals surface area (Å²) in [4.78, 5) is 120. The van der Waals surface area contributed by atoms with E-state index >= 15 is 24.0 Å². The number of carboxylic acid groups (broad SMARTS) is 2. The minimum absolute atomic E-state index is 0.130. The highest BCUT2D eigenvalue weighted by Gasteiger charge is 2.50. The first-order chi connectivity index (χ1) is 51.9. The molecule has 8 heterocycles. The van der Waals surface area contributed by atoms with E-state index in [0.717, 1.165) is 72.8 Å². The molecule has 15 rings (SSSR count). The summed E-state index contributed by atoms with van der Waals surface area (Å²) in [6.07, 6.45) is -21.3. The van der Waals surface area contributed by atoms with Gasteiger partial charge in [0.15, 0.2) is 35.1 Å². The van der Waals surface area contributed by atoms with Crippen molar-refractivity contribution in [1.29, 1.82) is 0 Å². The number of phenols is 4. The third kappa shape index (κ3) is 14.8. The van der Waals surface area contributed by atoms with E-state index in [1.54, 1.807) is 0 Å². The number of halogens is 2. The first-order valence-electron chi connectivity index (χ1n) is 33.1. The van der Waals surface area contributed by atoms with Gasteiger partial charge in [-0.25, -0.2) is 9.59 Å². The van der Waals surface area contributed by atoms with Gasteiger partial charge in [0.2, 0.25) is 53.8 Å². The van der Waals surface area contributed by atoms with Crippen LogP contribution in [0.25, 0.3) is 11.1 Å². The molecular formula is C71H66Cl2N8O28. The average molecular weight is 1550 g/mol. The van der Waals surface area contributed by atoms with Crippen LogP contribution in [0.3, 0.4) is 0 Å². The Morgan fingerprint density at radius 3 is 1.87 bits per heavy atom. The Kier molecular flexibility index (Phi) is 21.1. The molecule has 0 aliphatic carbocycles. The number of likely N-dealkylation sites (N-methyl/N-ethyl adjacent to an activating group) is 1. The molecule has 22 N–H and O–H groups in total. The van der Waals surface area contributed by atoms with Crippen molar-refractivity contribution >= 4 is 70.6 Å². The van der Waals surface area contributed by atoms with Gasteiger partial charge in [0.1, 0.15) is 119 Å². The maximum absolute atomic E-state index is 16.4. The third-order valence-corrected chi connectivity index (χ3v) is 19.6. The number of benzene rings is 7. The average Bonchev–Trinajstić information content (AvgIpc) is 0.763. The number of nitrogens with one attached hydrogen (secondary N) is 7. The molecule has 0 saturated carbocycles. The molecule has 0 radical (unpaired) electrons. The molecular weight excluding hydrogens is 1480 g/mol. The Bertz CT molecular complexity index is 4840. The number of aliphatic hydroxyl groups is 7. The Balaban J connectivity index is 1.06. The lowest BCUT2D eigenvalue weighted by atomic mass is 9.89. The van der Waals surface area contributed by atoms with Crippen LogP contribution in [-0.4, -0.2) is 201 Å².